The molecule has 95 heavy (non-hydrogen) atoms. The summed E-state index contributed by atoms with van der Waals surface area (Å²) in [7, 11) is -22.1. The molecule has 0 aliphatic rings. The number of amides is 2. The van der Waals surface area contributed by atoms with Crippen molar-refractivity contribution in [3.05, 3.63) is 87.9 Å². The number of anilines is 2. The molecule has 0 saturated carbocycles. The lowest BCUT2D eigenvalue weighted by Gasteiger charge is -2.13. The van der Waals surface area contributed by atoms with Gasteiger partial charge in [-0.25, -0.2) is 4.98 Å². The molecule has 7 aromatic rings. The highest BCUT2D eigenvalue weighted by Crippen LogP contribution is 2.46. The molecule has 34 nitrogen and oxygen atoms in total. The van der Waals surface area contributed by atoms with E-state index in [0.29, 0.717) is 0 Å². The highest BCUT2D eigenvalue weighted by Gasteiger charge is 2.28. The molecule has 0 atom stereocenters. The molecule has 2 heterocycles. The van der Waals surface area contributed by atoms with Gasteiger partial charge in [0.15, 0.2) is 11.3 Å². The highest BCUT2D eigenvalue weighted by atomic mass is 35.5. The lowest BCUT2D eigenvalue weighted by molar-refractivity contribution is -0.115. The molecule has 0 bridgehead atoms. The van der Waals surface area contributed by atoms with E-state index in [1.165, 1.54) is 63.4 Å². The van der Waals surface area contributed by atoms with Gasteiger partial charge in [-0.1, -0.05) is 11.6 Å². The van der Waals surface area contributed by atoms with Crippen molar-refractivity contribution in [3.63, 3.8) is 0 Å². The van der Waals surface area contributed by atoms with Crippen molar-refractivity contribution in [2.75, 3.05) is 53.1 Å². The quantitative estimate of drug-likeness (QED) is 0.00977. The van der Waals surface area contributed by atoms with Gasteiger partial charge in [-0.3, -0.25) is 36.8 Å². The Morgan fingerprint density at radius 3 is 1.59 bits per heavy atom. The van der Waals surface area contributed by atoms with E-state index >= 15 is 0 Å². The van der Waals surface area contributed by atoms with Crippen LogP contribution in [0.3, 0.4) is 0 Å². The average Bonchev–Trinajstić information content (AvgIpc) is 1.59. The number of benzene rings is 5. The Bertz CT molecular complexity index is 5100. The number of aromatic nitrogens is 2. The zero-order valence-corrected chi connectivity index (χ0v) is 56.1. The number of azo groups is 4. The van der Waals surface area contributed by atoms with Crippen molar-refractivity contribution in [2.45, 2.75) is 66.5 Å². The third-order valence-corrected chi connectivity index (χ3v) is 19.5. The van der Waals surface area contributed by atoms with Crippen LogP contribution in [0.2, 0.25) is 5.02 Å². The number of thioether (sulfide) groups is 2. The number of aryl methyl sites for hydroxylation is 1. The fraction of sp³-hybridized carbons (Fsp3) is 0.264. The van der Waals surface area contributed by atoms with Gasteiger partial charge in [0.25, 0.3) is 50.6 Å². The predicted octanol–water partition coefficient (Wildman–Crippen LogP) is 11.7. The number of aromatic hydroxyl groups is 1. The lowest BCUT2D eigenvalue weighted by atomic mass is 10.1. The van der Waals surface area contributed by atoms with E-state index in [4.69, 9.17) is 21.1 Å². The van der Waals surface area contributed by atoms with Gasteiger partial charge in [0.2, 0.25) is 17.7 Å². The molecule has 502 valence electrons. The first-order valence-corrected chi connectivity index (χ1v) is 36.7. The Hall–Kier alpha value is -8.69. The molecule has 0 saturated heterocycles. The Morgan fingerprint density at radius 1 is 0.611 bits per heavy atom. The smallest absolute Gasteiger partial charge is 0.296 e. The molecule has 0 spiro atoms. The van der Waals surface area contributed by atoms with Crippen LogP contribution in [0.15, 0.2) is 121 Å². The maximum Gasteiger partial charge on any atom is 0.296 e. The molecule has 8 N–H and O–H groups in total. The molecule has 7 rings (SSSR count). The maximum absolute atomic E-state index is 12.9. The minimum Gasteiger partial charge on any atom is -0.497 e. The Morgan fingerprint density at radius 2 is 1.11 bits per heavy atom. The van der Waals surface area contributed by atoms with Crippen molar-refractivity contribution in [3.8, 4) is 29.5 Å². The molecular formula is C53H51ClN14O20S7. The number of halogens is 1. The number of ether oxygens (including phenoxy) is 2. The monoisotopic (exact) mass is 1460 g/mol. The first-order chi connectivity index (χ1) is 44.4. The van der Waals surface area contributed by atoms with E-state index in [-0.39, 0.29) is 149 Å². The number of imidazole rings is 1. The van der Waals surface area contributed by atoms with E-state index in [1.807, 2.05) is 6.07 Å². The summed E-state index contributed by atoms with van der Waals surface area (Å²) in [5, 5.41) is 71.0. The van der Waals surface area contributed by atoms with Crippen LogP contribution in [0.4, 0.5) is 56.9 Å². The van der Waals surface area contributed by atoms with Crippen LogP contribution < -0.4 is 20.1 Å². The van der Waals surface area contributed by atoms with Gasteiger partial charge >= 0.3 is 0 Å². The standard InChI is InChI=1S/C53H51ClN14O20S7/c1-27-15-41(64-67-50-28(2)33(26-56)52-59-44-17-32(87-5)18-49(95(84,85)86)51(44)68(52)53(50)71)45(88-9-6-12-91(72,73)74)21-35(27)60-65-42-19-38(58-30(4)70)40(23-46(42)89-10-7-13-92(75,76)77)63-66-43-20-37(57-29(3)69)39(22-47(43)90-11-8-14-93(78,79)80)62-61-36-24-48(94(81,82)83)34(54)16-31(36)25-55/h15-24,71H,6-14H2,1-5H3,(H,57,69)(H,58,70)(H,72,73,74)(H,75,76,77)(H,78,79,80)(H,81,82,83)(H,84,85,86). The molecule has 5 aromatic carbocycles. The van der Waals surface area contributed by atoms with Crippen molar-refractivity contribution in [2.24, 2.45) is 40.9 Å². The average molecular weight is 1460 g/mol. The number of carbonyl (C=O) groups is 2. The van der Waals surface area contributed by atoms with Gasteiger partial charge in [-0.15, -0.1) is 59.3 Å². The SMILES string of the molecule is COc1cc(S(=O)(=O)O)c2c(c1)nc1c(C#N)c(C)c(N=Nc3cc(C)c(N=Nc4cc(NC(C)=O)c(N=Nc5cc(NC(C)=O)c(N=Nc6cc(S(=O)(=O)O)c(Cl)cc6C#N)cc5SCCCS(=O)(=O)O)cc4SCCCS(=O)(=O)O)cc3OCCCS(=O)(=O)O)c(O)n12. The van der Waals surface area contributed by atoms with E-state index in [0.717, 1.165) is 60.0 Å². The van der Waals surface area contributed by atoms with Crippen molar-refractivity contribution >= 4 is 171 Å². The fourth-order valence-corrected chi connectivity index (χ4v) is 14.0. The van der Waals surface area contributed by atoms with Crippen LogP contribution >= 0.6 is 35.1 Å². The molecule has 2 amide bonds. The van der Waals surface area contributed by atoms with E-state index < -0.39 is 106 Å². The number of hydrogen-bond acceptors (Lipinski definition) is 28. The van der Waals surface area contributed by atoms with Crippen LogP contribution in [0.5, 0.6) is 17.4 Å². The number of pyridine rings is 1. The van der Waals surface area contributed by atoms with Crippen molar-refractivity contribution in [1.82, 2.24) is 9.38 Å². The van der Waals surface area contributed by atoms with Gasteiger partial charge in [0.1, 0.15) is 73.1 Å². The number of nitriles is 2. The second kappa shape index (κ2) is 30.4. The van der Waals surface area contributed by atoms with Gasteiger partial charge < -0.3 is 25.2 Å². The van der Waals surface area contributed by atoms with Gasteiger partial charge in [0.05, 0.1) is 69.7 Å². The number of nitrogens with one attached hydrogen (secondary N) is 2. The Kier molecular flexibility index (Phi) is 23.6. The van der Waals surface area contributed by atoms with Crippen LogP contribution in [0, 0.1) is 36.5 Å². The number of fused-ring (bicyclic) bond motifs is 3. The summed E-state index contributed by atoms with van der Waals surface area (Å²) in [6.45, 7) is 4.84. The van der Waals surface area contributed by atoms with Gasteiger partial charge in [-0.05, 0) is 92.6 Å². The molecule has 0 aliphatic heterocycles. The van der Waals surface area contributed by atoms with Crippen molar-refractivity contribution in [1.29, 1.82) is 10.5 Å². The van der Waals surface area contributed by atoms with Crippen LogP contribution in [-0.4, -0.2) is 134 Å². The molecule has 2 aromatic heterocycles. The summed E-state index contributed by atoms with van der Waals surface area (Å²) >= 11 is 7.95. The number of carbonyl (C=O) groups excluding carboxylic acids is 2. The van der Waals surface area contributed by atoms with Crippen LogP contribution in [0.25, 0.3) is 16.7 Å². The van der Waals surface area contributed by atoms with Gasteiger partial charge in [-0.2, -0.15) is 57.7 Å². The number of methoxy groups -OCH3 is 1. The van der Waals surface area contributed by atoms with Gasteiger partial charge in [0, 0.05) is 47.4 Å². The minimum absolute atomic E-state index is 0.00402. The van der Waals surface area contributed by atoms with E-state index in [9.17, 15) is 90.1 Å². The highest BCUT2D eigenvalue weighted by molar-refractivity contribution is 7.99. The number of nitrogens with zero attached hydrogens (tertiary/aromatic N) is 12. The summed E-state index contributed by atoms with van der Waals surface area (Å²) in [5.41, 5.74) is -2.27. The molecule has 0 fully saturated rings. The normalized spacial score (nSPS) is 12.6. The van der Waals surface area contributed by atoms with E-state index in [2.05, 4.69) is 56.5 Å². The Balaban J connectivity index is 1.36. The molecule has 0 unspecified atom stereocenters. The molecule has 42 heteroatoms. The third kappa shape index (κ3) is 19.7. The largest absolute Gasteiger partial charge is 0.497 e. The predicted molar refractivity (Wildman–Crippen MR) is 346 cm³/mol. The zero-order valence-electron chi connectivity index (χ0n) is 49.6. The number of rotatable bonds is 28. The lowest BCUT2D eigenvalue weighted by Crippen LogP contribution is -2.08. The minimum atomic E-state index is -5.04. The summed E-state index contributed by atoms with van der Waals surface area (Å²) in [6, 6.07) is 15.6. The summed E-state index contributed by atoms with van der Waals surface area (Å²) < 4.78 is 180. The molecule has 0 radical (unpaired) electrons. The third-order valence-electron chi connectivity index (χ3n) is 12.7. The van der Waals surface area contributed by atoms with Crippen LogP contribution in [0.1, 0.15) is 55.4 Å². The van der Waals surface area contributed by atoms with Crippen LogP contribution in [-0.2, 0) is 60.2 Å². The number of hydrogen-bond donors (Lipinski definition) is 8. The molecular weight excluding hydrogens is 1410 g/mol. The second-order valence-electron chi connectivity index (χ2n) is 19.8. The second-order valence-corrected chi connectivity index (χ2v) is 30.0. The zero-order chi connectivity index (χ0) is 70.1. The Labute approximate surface area is 554 Å². The maximum atomic E-state index is 12.9. The van der Waals surface area contributed by atoms with E-state index in [1.54, 1.807) is 6.07 Å². The van der Waals surface area contributed by atoms with Crippen molar-refractivity contribution < 1.29 is 89.0 Å². The first-order valence-electron chi connectivity index (χ1n) is 26.7. The topological polar surface area (TPSA) is 532 Å². The molecule has 0 aliphatic carbocycles. The summed E-state index contributed by atoms with van der Waals surface area (Å²) in [4.78, 5) is 28.6. The first kappa shape index (κ1) is 73.7. The summed E-state index contributed by atoms with van der Waals surface area (Å²) in [5.74, 6) is -4.39. The fourth-order valence-electron chi connectivity index (χ4n) is 8.47. The summed E-state index contributed by atoms with van der Waals surface area (Å²) in [6.07, 6.45) is -0.510.